The summed E-state index contributed by atoms with van der Waals surface area (Å²) in [5.41, 5.74) is 1.17. The van der Waals surface area contributed by atoms with E-state index in [2.05, 4.69) is 16.9 Å². The number of hydrogen-bond acceptors (Lipinski definition) is 3. The number of H-pyrrole nitrogens is 1. The number of rotatable bonds is 3. The molecule has 4 heteroatoms. The molecule has 1 aromatic rings. The molecule has 1 atom stereocenters. The number of nitrogens with zero attached hydrogens (tertiary/aromatic N) is 1. The van der Waals surface area contributed by atoms with Crippen molar-refractivity contribution < 1.29 is 4.74 Å². The van der Waals surface area contributed by atoms with E-state index in [0.29, 0.717) is 10.6 Å². The van der Waals surface area contributed by atoms with Crippen LogP contribution in [0.5, 0.6) is 0 Å². The number of nitrogens with one attached hydrogen (secondary N) is 1. The minimum absolute atomic E-state index is 0.607. The SMILES string of the molecule is CCc1cc(=S)nc(CC2CCOC2)[nH]1. The van der Waals surface area contributed by atoms with E-state index in [0.717, 1.165) is 38.3 Å². The first kappa shape index (κ1) is 10.8. The van der Waals surface area contributed by atoms with Crippen molar-refractivity contribution in [2.24, 2.45) is 5.92 Å². The standard InChI is InChI=1S/C11H16N2OS/c1-2-9-6-11(15)13-10(12-9)5-8-3-4-14-7-8/h6,8H,2-5,7H2,1H3,(H,12,13,15). The molecule has 0 aliphatic carbocycles. The molecule has 1 aliphatic heterocycles. The predicted molar refractivity (Wildman–Crippen MR) is 61.4 cm³/mol. The third-order valence-corrected chi connectivity index (χ3v) is 2.94. The first-order valence-electron chi connectivity index (χ1n) is 5.44. The third-order valence-electron chi connectivity index (χ3n) is 2.73. The zero-order valence-electron chi connectivity index (χ0n) is 8.95. The number of aryl methyl sites for hydroxylation is 1. The van der Waals surface area contributed by atoms with E-state index in [1.807, 2.05) is 6.07 Å². The van der Waals surface area contributed by atoms with Crippen molar-refractivity contribution in [3.05, 3.63) is 22.2 Å². The van der Waals surface area contributed by atoms with Crippen molar-refractivity contribution in [2.45, 2.75) is 26.2 Å². The van der Waals surface area contributed by atoms with Crippen molar-refractivity contribution in [3.63, 3.8) is 0 Å². The van der Waals surface area contributed by atoms with Crippen LogP contribution in [0.25, 0.3) is 0 Å². The number of aromatic amines is 1. The minimum atomic E-state index is 0.607. The summed E-state index contributed by atoms with van der Waals surface area (Å²) < 4.78 is 6.04. The molecule has 3 nitrogen and oxygen atoms in total. The van der Waals surface area contributed by atoms with Crippen molar-refractivity contribution >= 4 is 12.2 Å². The fourth-order valence-electron chi connectivity index (χ4n) is 1.87. The minimum Gasteiger partial charge on any atom is -0.381 e. The third kappa shape index (κ3) is 2.86. The summed E-state index contributed by atoms with van der Waals surface area (Å²) in [6, 6.07) is 1.93. The average Bonchev–Trinajstić information content (AvgIpc) is 2.69. The van der Waals surface area contributed by atoms with Crippen LogP contribution in [0, 0.1) is 10.6 Å². The van der Waals surface area contributed by atoms with Gasteiger partial charge in [-0.15, -0.1) is 0 Å². The zero-order chi connectivity index (χ0) is 10.7. The Kier molecular flexibility index (Phi) is 3.49. The fourth-order valence-corrected chi connectivity index (χ4v) is 2.12. The molecule has 0 bridgehead atoms. The number of aromatic nitrogens is 2. The van der Waals surface area contributed by atoms with Crippen molar-refractivity contribution in [2.75, 3.05) is 13.2 Å². The molecule has 1 unspecified atom stereocenters. The van der Waals surface area contributed by atoms with Crippen LogP contribution in [0.2, 0.25) is 0 Å². The van der Waals surface area contributed by atoms with Crippen LogP contribution in [-0.2, 0) is 17.6 Å². The van der Waals surface area contributed by atoms with Gasteiger partial charge in [0.2, 0.25) is 0 Å². The van der Waals surface area contributed by atoms with Gasteiger partial charge >= 0.3 is 0 Å². The van der Waals surface area contributed by atoms with Crippen LogP contribution in [0.1, 0.15) is 24.9 Å². The molecular weight excluding hydrogens is 208 g/mol. The molecule has 2 rings (SSSR count). The van der Waals surface area contributed by atoms with Gasteiger partial charge in [0.25, 0.3) is 0 Å². The van der Waals surface area contributed by atoms with Crippen LogP contribution in [0.15, 0.2) is 6.07 Å². The molecular formula is C11H16N2OS. The predicted octanol–water partition coefficient (Wildman–Crippen LogP) is 2.28. The monoisotopic (exact) mass is 224 g/mol. The molecule has 1 aromatic heterocycles. The molecule has 1 N–H and O–H groups in total. The zero-order valence-corrected chi connectivity index (χ0v) is 9.77. The van der Waals surface area contributed by atoms with Crippen LogP contribution < -0.4 is 0 Å². The van der Waals surface area contributed by atoms with Crippen LogP contribution in [0.3, 0.4) is 0 Å². The van der Waals surface area contributed by atoms with E-state index in [9.17, 15) is 0 Å². The molecule has 1 fully saturated rings. The quantitative estimate of drug-likeness (QED) is 0.800. The van der Waals surface area contributed by atoms with Crippen LogP contribution in [-0.4, -0.2) is 23.2 Å². The summed E-state index contributed by atoms with van der Waals surface area (Å²) in [7, 11) is 0. The Labute approximate surface area is 94.9 Å². The van der Waals surface area contributed by atoms with Gasteiger partial charge in [0.05, 0.1) is 0 Å². The van der Waals surface area contributed by atoms with Crippen LogP contribution in [0.4, 0.5) is 0 Å². The first-order chi connectivity index (χ1) is 7.28. The van der Waals surface area contributed by atoms with E-state index in [-0.39, 0.29) is 0 Å². The Balaban J connectivity index is 2.12. The summed E-state index contributed by atoms with van der Waals surface area (Å²) in [5, 5.41) is 0. The molecule has 0 aromatic carbocycles. The summed E-state index contributed by atoms with van der Waals surface area (Å²) in [4.78, 5) is 7.68. The van der Waals surface area contributed by atoms with Gasteiger partial charge in [-0.05, 0) is 24.8 Å². The van der Waals surface area contributed by atoms with Gasteiger partial charge < -0.3 is 9.72 Å². The Morgan fingerprint density at radius 2 is 2.53 bits per heavy atom. The lowest BCUT2D eigenvalue weighted by Crippen LogP contribution is -2.08. The second kappa shape index (κ2) is 4.86. The lowest BCUT2D eigenvalue weighted by atomic mass is 10.0. The Morgan fingerprint density at radius 3 is 3.20 bits per heavy atom. The van der Waals surface area contributed by atoms with E-state index < -0.39 is 0 Å². The molecule has 15 heavy (non-hydrogen) atoms. The molecule has 1 saturated heterocycles. The van der Waals surface area contributed by atoms with Gasteiger partial charge in [-0.2, -0.15) is 0 Å². The number of hydrogen-bond donors (Lipinski definition) is 1. The Morgan fingerprint density at radius 1 is 1.67 bits per heavy atom. The molecule has 82 valence electrons. The van der Waals surface area contributed by atoms with Gasteiger partial charge in [0, 0.05) is 25.3 Å². The lowest BCUT2D eigenvalue weighted by molar-refractivity contribution is 0.185. The maximum absolute atomic E-state index is 5.35. The van der Waals surface area contributed by atoms with Crippen molar-refractivity contribution in [1.82, 2.24) is 9.97 Å². The van der Waals surface area contributed by atoms with Gasteiger partial charge in [-0.3, -0.25) is 0 Å². The fraction of sp³-hybridized carbons (Fsp3) is 0.636. The second-order valence-corrected chi connectivity index (χ2v) is 4.40. The van der Waals surface area contributed by atoms with Crippen LogP contribution >= 0.6 is 12.2 Å². The highest BCUT2D eigenvalue weighted by Gasteiger charge is 2.17. The van der Waals surface area contributed by atoms with Gasteiger partial charge in [-0.25, -0.2) is 4.98 Å². The highest BCUT2D eigenvalue weighted by Crippen LogP contribution is 2.16. The van der Waals surface area contributed by atoms with E-state index >= 15 is 0 Å². The molecule has 0 amide bonds. The Hall–Kier alpha value is -0.740. The smallest absolute Gasteiger partial charge is 0.129 e. The van der Waals surface area contributed by atoms with Gasteiger partial charge in [0.1, 0.15) is 10.5 Å². The molecule has 1 aliphatic rings. The molecule has 0 saturated carbocycles. The Bertz CT molecular complexity index is 382. The average molecular weight is 224 g/mol. The molecule has 2 heterocycles. The first-order valence-corrected chi connectivity index (χ1v) is 5.85. The normalized spacial score (nSPS) is 20.7. The topological polar surface area (TPSA) is 37.9 Å². The van der Waals surface area contributed by atoms with Gasteiger partial charge in [-0.1, -0.05) is 19.1 Å². The molecule has 0 spiro atoms. The highest BCUT2D eigenvalue weighted by atomic mass is 32.1. The van der Waals surface area contributed by atoms with E-state index in [1.54, 1.807) is 0 Å². The summed E-state index contributed by atoms with van der Waals surface area (Å²) in [5.74, 6) is 1.62. The highest BCUT2D eigenvalue weighted by molar-refractivity contribution is 7.71. The van der Waals surface area contributed by atoms with E-state index in [4.69, 9.17) is 17.0 Å². The summed E-state index contributed by atoms with van der Waals surface area (Å²) in [6.45, 7) is 3.86. The molecule has 0 radical (unpaired) electrons. The van der Waals surface area contributed by atoms with E-state index in [1.165, 1.54) is 5.69 Å². The maximum atomic E-state index is 5.35. The second-order valence-electron chi connectivity index (χ2n) is 3.98. The maximum Gasteiger partial charge on any atom is 0.129 e. The summed E-state index contributed by atoms with van der Waals surface area (Å²) in [6.07, 6.45) is 3.07. The van der Waals surface area contributed by atoms with Crippen molar-refractivity contribution in [3.8, 4) is 0 Å². The lowest BCUT2D eigenvalue weighted by Gasteiger charge is -2.08. The van der Waals surface area contributed by atoms with Gasteiger partial charge in [0.15, 0.2) is 0 Å². The summed E-state index contributed by atoms with van der Waals surface area (Å²) >= 11 is 5.13. The number of ether oxygens (including phenoxy) is 1. The van der Waals surface area contributed by atoms with Crippen molar-refractivity contribution in [1.29, 1.82) is 0 Å². The largest absolute Gasteiger partial charge is 0.381 e.